The Bertz CT molecular complexity index is 80.0. The first-order chi connectivity index (χ1) is 3.69. The Hall–Kier alpha value is 0. The molecule has 0 amide bonds. The predicted octanol–water partition coefficient (Wildman–Crippen LogP) is 2.83. The summed E-state index contributed by atoms with van der Waals surface area (Å²) in [6.45, 7) is 7.06. The minimum Gasteiger partial charge on any atom is -0.0651 e. The van der Waals surface area contributed by atoms with Crippen LogP contribution in [-0.2, 0) is 0 Å². The normalized spacial score (nSPS) is 27.4. The van der Waals surface area contributed by atoms with Gasteiger partial charge in [-0.25, -0.2) is 0 Å². The predicted molar refractivity (Wildman–Crippen MR) is 36.8 cm³/mol. The molecule has 1 atom stereocenters. The third kappa shape index (κ3) is 0.888. The molecule has 0 heterocycles. The van der Waals surface area contributed by atoms with Crippen molar-refractivity contribution >= 4 is 0 Å². The fourth-order valence-corrected chi connectivity index (χ4v) is 1.18. The molecule has 1 saturated carbocycles. The molecular weight excluding hydrogens is 96.1 g/mol. The average molecular weight is 112 g/mol. The zero-order chi connectivity index (χ0) is 6.20. The molecule has 1 rings (SSSR count). The molecule has 0 spiro atoms. The Morgan fingerprint density at radius 1 is 1.50 bits per heavy atom. The first-order valence-electron chi connectivity index (χ1n) is 3.69. The lowest BCUT2D eigenvalue weighted by Crippen LogP contribution is -2.05. The molecule has 0 radical (unpaired) electrons. The Morgan fingerprint density at radius 3 is 2.12 bits per heavy atom. The molecule has 0 nitrogen and oxygen atoms in total. The highest BCUT2D eigenvalue weighted by atomic mass is 14.5. The van der Waals surface area contributed by atoms with Gasteiger partial charge >= 0.3 is 0 Å². The highest BCUT2D eigenvalue weighted by Crippen LogP contribution is 2.52. The van der Waals surface area contributed by atoms with Gasteiger partial charge in [0.15, 0.2) is 0 Å². The second-order valence-corrected chi connectivity index (χ2v) is 3.46. The minimum atomic E-state index is 0.759. The summed E-state index contributed by atoms with van der Waals surface area (Å²) in [4.78, 5) is 0. The van der Waals surface area contributed by atoms with Crippen molar-refractivity contribution in [1.29, 1.82) is 0 Å². The van der Waals surface area contributed by atoms with Gasteiger partial charge in [0.25, 0.3) is 0 Å². The molecule has 48 valence electrons. The van der Waals surface area contributed by atoms with Gasteiger partial charge in [-0.05, 0) is 24.2 Å². The maximum absolute atomic E-state index is 2.40. The van der Waals surface area contributed by atoms with Crippen LogP contribution in [0.2, 0.25) is 0 Å². The van der Waals surface area contributed by atoms with Crippen LogP contribution in [-0.4, -0.2) is 0 Å². The van der Waals surface area contributed by atoms with Crippen molar-refractivity contribution in [2.45, 2.75) is 40.0 Å². The molecule has 0 aromatic heterocycles. The summed E-state index contributed by atoms with van der Waals surface area (Å²) >= 11 is 0. The highest BCUT2D eigenvalue weighted by molar-refractivity contribution is 4.91. The van der Waals surface area contributed by atoms with E-state index in [0.717, 1.165) is 11.3 Å². The van der Waals surface area contributed by atoms with Gasteiger partial charge in [-0.1, -0.05) is 27.2 Å². The second-order valence-electron chi connectivity index (χ2n) is 3.46. The average Bonchev–Trinajstić information content (AvgIpc) is 2.47. The van der Waals surface area contributed by atoms with Crippen molar-refractivity contribution in [2.24, 2.45) is 11.3 Å². The topological polar surface area (TPSA) is 0 Å². The van der Waals surface area contributed by atoms with E-state index >= 15 is 0 Å². The zero-order valence-corrected chi connectivity index (χ0v) is 6.20. The van der Waals surface area contributed by atoms with Crippen LogP contribution in [0.1, 0.15) is 40.0 Å². The van der Waals surface area contributed by atoms with E-state index in [1.54, 1.807) is 0 Å². The summed E-state index contributed by atoms with van der Waals surface area (Å²) < 4.78 is 0. The lowest BCUT2D eigenvalue weighted by molar-refractivity contribution is 0.354. The summed E-state index contributed by atoms with van der Waals surface area (Å²) in [6, 6.07) is 0. The number of hydrogen-bond donors (Lipinski definition) is 0. The lowest BCUT2D eigenvalue weighted by Gasteiger charge is -2.15. The Morgan fingerprint density at radius 2 is 2.00 bits per heavy atom. The summed E-state index contributed by atoms with van der Waals surface area (Å²) in [5.74, 6) is 0.961. The summed E-state index contributed by atoms with van der Waals surface area (Å²) in [7, 11) is 0. The van der Waals surface area contributed by atoms with Crippen molar-refractivity contribution in [1.82, 2.24) is 0 Å². The molecule has 0 aliphatic heterocycles. The second kappa shape index (κ2) is 1.75. The first-order valence-corrected chi connectivity index (χ1v) is 3.69. The lowest BCUT2D eigenvalue weighted by atomic mass is 9.91. The van der Waals surface area contributed by atoms with Gasteiger partial charge < -0.3 is 0 Å². The van der Waals surface area contributed by atoms with E-state index in [4.69, 9.17) is 0 Å². The van der Waals surface area contributed by atoms with Crippen molar-refractivity contribution in [3.63, 3.8) is 0 Å². The summed E-state index contributed by atoms with van der Waals surface area (Å²) in [6.07, 6.45) is 4.31. The van der Waals surface area contributed by atoms with E-state index in [-0.39, 0.29) is 0 Å². The maximum atomic E-state index is 2.40. The van der Waals surface area contributed by atoms with E-state index < -0.39 is 0 Å². The molecule has 0 aromatic carbocycles. The molecule has 1 fully saturated rings. The van der Waals surface area contributed by atoms with Crippen LogP contribution >= 0.6 is 0 Å². The van der Waals surface area contributed by atoms with Crippen LogP contribution < -0.4 is 0 Å². The van der Waals surface area contributed by atoms with Crippen molar-refractivity contribution in [2.75, 3.05) is 0 Å². The molecule has 0 bridgehead atoms. The minimum absolute atomic E-state index is 0.759. The molecule has 8 heavy (non-hydrogen) atoms. The van der Waals surface area contributed by atoms with E-state index in [1.807, 2.05) is 0 Å². The molecule has 0 heteroatoms. The van der Waals surface area contributed by atoms with E-state index in [2.05, 4.69) is 20.8 Å². The quantitative estimate of drug-likeness (QED) is 0.515. The first kappa shape index (κ1) is 6.12. The molecule has 1 aliphatic rings. The van der Waals surface area contributed by atoms with Crippen molar-refractivity contribution in [3.05, 3.63) is 0 Å². The monoisotopic (exact) mass is 112 g/mol. The molecular formula is C8H16. The van der Waals surface area contributed by atoms with Crippen LogP contribution in [0.3, 0.4) is 0 Å². The van der Waals surface area contributed by atoms with Gasteiger partial charge in [0.2, 0.25) is 0 Å². The third-order valence-electron chi connectivity index (χ3n) is 2.84. The fraction of sp³-hybridized carbons (Fsp3) is 1.00. The largest absolute Gasteiger partial charge is 0.0651 e. The van der Waals surface area contributed by atoms with Gasteiger partial charge in [-0.3, -0.25) is 0 Å². The van der Waals surface area contributed by atoms with Crippen LogP contribution in [0.4, 0.5) is 0 Å². The van der Waals surface area contributed by atoms with Gasteiger partial charge in [0.05, 0.1) is 0 Å². The molecule has 0 N–H and O–H groups in total. The maximum Gasteiger partial charge on any atom is -0.0300 e. The Labute approximate surface area is 52.3 Å². The SMILES string of the molecule is CCC(C)C1(C)CC1. The fourth-order valence-electron chi connectivity index (χ4n) is 1.18. The molecule has 1 aliphatic carbocycles. The van der Waals surface area contributed by atoms with Crippen molar-refractivity contribution in [3.8, 4) is 0 Å². The molecule has 0 saturated heterocycles. The van der Waals surface area contributed by atoms with Crippen molar-refractivity contribution < 1.29 is 0 Å². The summed E-state index contributed by atoms with van der Waals surface area (Å²) in [5, 5.41) is 0. The van der Waals surface area contributed by atoms with E-state index in [0.29, 0.717) is 0 Å². The molecule has 1 unspecified atom stereocenters. The smallest absolute Gasteiger partial charge is 0.0300 e. The van der Waals surface area contributed by atoms with Crippen LogP contribution in [0.5, 0.6) is 0 Å². The zero-order valence-electron chi connectivity index (χ0n) is 6.20. The standard InChI is InChI=1S/C8H16/c1-4-7(2)8(3)5-6-8/h7H,4-6H2,1-3H3. The number of hydrogen-bond acceptors (Lipinski definition) is 0. The van der Waals surface area contributed by atoms with Gasteiger partial charge in [0.1, 0.15) is 0 Å². The number of rotatable bonds is 2. The Kier molecular flexibility index (Phi) is 1.34. The van der Waals surface area contributed by atoms with E-state index in [1.165, 1.54) is 19.3 Å². The molecule has 0 aromatic rings. The van der Waals surface area contributed by atoms with Crippen LogP contribution in [0.25, 0.3) is 0 Å². The summed E-state index contributed by atoms with van der Waals surface area (Å²) in [5.41, 5.74) is 0.759. The van der Waals surface area contributed by atoms with Gasteiger partial charge in [-0.15, -0.1) is 0 Å². The van der Waals surface area contributed by atoms with Crippen LogP contribution in [0, 0.1) is 11.3 Å². The van der Waals surface area contributed by atoms with Crippen LogP contribution in [0.15, 0.2) is 0 Å². The third-order valence-corrected chi connectivity index (χ3v) is 2.84. The van der Waals surface area contributed by atoms with Gasteiger partial charge in [-0.2, -0.15) is 0 Å². The highest BCUT2D eigenvalue weighted by Gasteiger charge is 2.41. The van der Waals surface area contributed by atoms with Gasteiger partial charge in [0, 0.05) is 0 Å². The Balaban J connectivity index is 2.34. The van der Waals surface area contributed by atoms with E-state index in [9.17, 15) is 0 Å².